The molecule has 0 aliphatic carbocycles. The minimum atomic E-state index is 0.129. The Labute approximate surface area is 148 Å². The van der Waals surface area contributed by atoms with Gasteiger partial charge in [0.1, 0.15) is 0 Å². The molecule has 3 rings (SSSR count). The van der Waals surface area contributed by atoms with Crippen LogP contribution in [0.1, 0.15) is 38.2 Å². The molecule has 130 valence electrons. The summed E-state index contributed by atoms with van der Waals surface area (Å²) in [5.41, 5.74) is 2.29. The van der Waals surface area contributed by atoms with Crippen molar-refractivity contribution in [3.63, 3.8) is 0 Å². The van der Waals surface area contributed by atoms with Gasteiger partial charge in [0.15, 0.2) is 5.12 Å². The van der Waals surface area contributed by atoms with Gasteiger partial charge in [-0.05, 0) is 49.5 Å². The molecular formula is C19H26N2O2S. The molecule has 0 aromatic heterocycles. The Bertz CT molecular complexity index is 599. The highest BCUT2D eigenvalue weighted by molar-refractivity contribution is 8.13. The Morgan fingerprint density at radius 3 is 2.79 bits per heavy atom. The van der Waals surface area contributed by atoms with Crippen molar-refractivity contribution < 1.29 is 9.59 Å². The lowest BCUT2D eigenvalue weighted by atomic mass is 10.1. The first-order chi connectivity index (χ1) is 11.6. The molecule has 2 fully saturated rings. The fourth-order valence-electron chi connectivity index (χ4n) is 3.58. The van der Waals surface area contributed by atoms with E-state index in [9.17, 15) is 9.59 Å². The van der Waals surface area contributed by atoms with Crippen LogP contribution in [0.4, 0.5) is 5.69 Å². The van der Waals surface area contributed by atoms with Crippen LogP contribution < -0.4 is 4.90 Å². The monoisotopic (exact) mass is 346 g/mol. The first-order valence-corrected chi connectivity index (χ1v) is 9.85. The Morgan fingerprint density at radius 2 is 2.04 bits per heavy atom. The average Bonchev–Trinajstić information content (AvgIpc) is 2.95. The van der Waals surface area contributed by atoms with Crippen LogP contribution in [0.2, 0.25) is 0 Å². The Kier molecular flexibility index (Phi) is 5.95. The van der Waals surface area contributed by atoms with E-state index in [-0.39, 0.29) is 16.9 Å². The molecule has 1 unspecified atom stereocenters. The number of piperidine rings is 1. The van der Waals surface area contributed by atoms with Gasteiger partial charge in [0.2, 0.25) is 5.91 Å². The molecule has 0 saturated carbocycles. The zero-order valence-electron chi connectivity index (χ0n) is 14.4. The molecule has 1 aromatic rings. The lowest BCUT2D eigenvalue weighted by Crippen LogP contribution is -2.29. The third kappa shape index (κ3) is 4.61. The number of hydrogen-bond donors (Lipinski definition) is 0. The lowest BCUT2D eigenvalue weighted by Gasteiger charge is -2.27. The van der Waals surface area contributed by atoms with Crippen molar-refractivity contribution in [2.24, 2.45) is 5.92 Å². The number of thioether (sulfide) groups is 1. The molecule has 24 heavy (non-hydrogen) atoms. The number of nitrogens with zero attached hydrogens (tertiary/aromatic N) is 2. The summed E-state index contributed by atoms with van der Waals surface area (Å²) in [6, 6.07) is 8.40. The molecule has 0 bridgehead atoms. The molecule has 2 saturated heterocycles. The Hall–Kier alpha value is -1.33. The van der Waals surface area contributed by atoms with E-state index < -0.39 is 0 Å². The summed E-state index contributed by atoms with van der Waals surface area (Å²) in [5.74, 6) is 1.20. The average molecular weight is 346 g/mol. The van der Waals surface area contributed by atoms with E-state index in [4.69, 9.17) is 0 Å². The van der Waals surface area contributed by atoms with Crippen molar-refractivity contribution in [2.75, 3.05) is 30.3 Å². The Morgan fingerprint density at radius 1 is 1.25 bits per heavy atom. The van der Waals surface area contributed by atoms with Gasteiger partial charge in [0, 0.05) is 37.9 Å². The minimum Gasteiger partial charge on any atom is -0.312 e. The molecule has 0 N–H and O–H groups in total. The summed E-state index contributed by atoms with van der Waals surface area (Å²) in [5, 5.41) is 0.129. The van der Waals surface area contributed by atoms with Crippen LogP contribution >= 0.6 is 11.8 Å². The molecule has 1 amide bonds. The number of benzene rings is 1. The summed E-state index contributed by atoms with van der Waals surface area (Å²) >= 11 is 1.33. The second-order valence-electron chi connectivity index (χ2n) is 6.88. The summed E-state index contributed by atoms with van der Waals surface area (Å²) in [6.45, 7) is 5.64. The summed E-state index contributed by atoms with van der Waals surface area (Å²) in [4.78, 5) is 27.9. The standard InChI is InChI=1S/C19H26N2O2S/c1-15(22)24-14-17-11-19(23)21(13-17)18-7-5-6-16(10-18)12-20-8-3-2-4-9-20/h5-7,10,17H,2-4,8-9,11-14H2,1H3. The number of hydrogen-bond acceptors (Lipinski definition) is 4. The molecule has 2 heterocycles. The van der Waals surface area contributed by atoms with E-state index >= 15 is 0 Å². The van der Waals surface area contributed by atoms with Crippen LogP contribution in [-0.4, -0.2) is 41.3 Å². The van der Waals surface area contributed by atoms with E-state index in [1.54, 1.807) is 6.92 Å². The van der Waals surface area contributed by atoms with Crippen LogP contribution in [0, 0.1) is 5.92 Å². The largest absolute Gasteiger partial charge is 0.312 e. The highest BCUT2D eigenvalue weighted by Gasteiger charge is 2.30. The van der Waals surface area contributed by atoms with E-state index in [1.165, 1.54) is 49.7 Å². The first kappa shape index (κ1) is 17.5. The number of likely N-dealkylation sites (tertiary alicyclic amines) is 1. The van der Waals surface area contributed by atoms with Crippen LogP contribution in [0.25, 0.3) is 0 Å². The maximum atomic E-state index is 12.4. The van der Waals surface area contributed by atoms with E-state index in [1.807, 2.05) is 11.0 Å². The summed E-state index contributed by atoms with van der Waals surface area (Å²) < 4.78 is 0. The Balaban J connectivity index is 1.62. The van der Waals surface area contributed by atoms with Crippen LogP contribution in [-0.2, 0) is 16.1 Å². The van der Waals surface area contributed by atoms with Gasteiger partial charge in [-0.25, -0.2) is 0 Å². The van der Waals surface area contributed by atoms with Gasteiger partial charge in [0.05, 0.1) is 0 Å². The quantitative estimate of drug-likeness (QED) is 0.820. The summed E-state index contributed by atoms with van der Waals surface area (Å²) in [6.07, 6.45) is 4.48. The minimum absolute atomic E-state index is 0.129. The lowest BCUT2D eigenvalue weighted by molar-refractivity contribution is -0.117. The van der Waals surface area contributed by atoms with Crippen LogP contribution in [0.5, 0.6) is 0 Å². The van der Waals surface area contributed by atoms with E-state index in [2.05, 4.69) is 23.1 Å². The normalized spacial score (nSPS) is 22.1. The first-order valence-electron chi connectivity index (χ1n) is 8.87. The predicted octanol–water partition coefficient (Wildman–Crippen LogP) is 3.31. The van der Waals surface area contributed by atoms with Gasteiger partial charge in [-0.15, -0.1) is 0 Å². The third-order valence-electron chi connectivity index (χ3n) is 4.80. The highest BCUT2D eigenvalue weighted by atomic mass is 32.2. The number of anilines is 1. The number of carbonyl (C=O) groups excluding carboxylic acids is 2. The van der Waals surface area contributed by atoms with Gasteiger partial charge >= 0.3 is 0 Å². The smallest absolute Gasteiger partial charge is 0.227 e. The second kappa shape index (κ2) is 8.17. The number of rotatable bonds is 5. The number of carbonyl (C=O) groups is 2. The van der Waals surface area contributed by atoms with Crippen molar-refractivity contribution in [3.05, 3.63) is 29.8 Å². The second-order valence-corrected chi connectivity index (χ2v) is 8.08. The molecule has 5 heteroatoms. The van der Waals surface area contributed by atoms with Crippen molar-refractivity contribution in [1.29, 1.82) is 0 Å². The van der Waals surface area contributed by atoms with Gasteiger partial charge in [-0.2, -0.15) is 0 Å². The highest BCUT2D eigenvalue weighted by Crippen LogP contribution is 2.28. The fraction of sp³-hybridized carbons (Fsp3) is 0.579. The van der Waals surface area contributed by atoms with Gasteiger partial charge < -0.3 is 4.90 Å². The molecule has 1 atom stereocenters. The maximum absolute atomic E-state index is 12.4. The third-order valence-corrected chi connectivity index (χ3v) is 5.85. The zero-order valence-corrected chi connectivity index (χ0v) is 15.2. The molecule has 2 aliphatic heterocycles. The van der Waals surface area contributed by atoms with Crippen molar-refractivity contribution in [3.8, 4) is 0 Å². The van der Waals surface area contributed by atoms with E-state index in [0.717, 1.165) is 24.5 Å². The van der Waals surface area contributed by atoms with Gasteiger partial charge in [0.25, 0.3) is 0 Å². The molecule has 0 radical (unpaired) electrons. The van der Waals surface area contributed by atoms with Crippen LogP contribution in [0.15, 0.2) is 24.3 Å². The van der Waals surface area contributed by atoms with Crippen molar-refractivity contribution in [1.82, 2.24) is 4.90 Å². The maximum Gasteiger partial charge on any atom is 0.227 e. The fourth-order valence-corrected chi connectivity index (χ4v) is 4.27. The summed E-state index contributed by atoms with van der Waals surface area (Å²) in [7, 11) is 0. The molecule has 1 aromatic carbocycles. The molecule has 0 spiro atoms. The predicted molar refractivity (Wildman–Crippen MR) is 99.2 cm³/mol. The molecular weight excluding hydrogens is 320 g/mol. The van der Waals surface area contributed by atoms with Crippen molar-refractivity contribution >= 4 is 28.5 Å². The number of amides is 1. The van der Waals surface area contributed by atoms with Gasteiger partial charge in [-0.3, -0.25) is 14.5 Å². The van der Waals surface area contributed by atoms with E-state index in [0.29, 0.717) is 6.42 Å². The zero-order chi connectivity index (χ0) is 16.9. The topological polar surface area (TPSA) is 40.6 Å². The molecule has 2 aliphatic rings. The SMILES string of the molecule is CC(=O)SCC1CC(=O)N(c2cccc(CN3CCCCC3)c2)C1. The molecule has 4 nitrogen and oxygen atoms in total. The van der Waals surface area contributed by atoms with Crippen LogP contribution in [0.3, 0.4) is 0 Å². The van der Waals surface area contributed by atoms with Gasteiger partial charge in [-0.1, -0.05) is 30.3 Å². The van der Waals surface area contributed by atoms with Crippen molar-refractivity contribution in [2.45, 2.75) is 39.2 Å².